The summed E-state index contributed by atoms with van der Waals surface area (Å²) in [6.07, 6.45) is 0.870. The van der Waals surface area contributed by atoms with Crippen LogP contribution in [0.1, 0.15) is 38.2 Å². The Labute approximate surface area is 244 Å². The molecule has 0 spiro atoms. The van der Waals surface area contributed by atoms with Crippen molar-refractivity contribution in [2.24, 2.45) is 11.1 Å². The number of aromatic nitrogens is 2. The van der Waals surface area contributed by atoms with Crippen LogP contribution in [-0.4, -0.2) is 34.8 Å². The molecule has 1 aromatic heterocycles. The standard InChI is InChI=1S/C29H27FN6O3S2/c1-29(2)12-21-25(22(37)13-29)24(16-5-4-6-19(11-16)39-3)20(14-31)26(32)36(21)27-34-35-28(41-27)40-15-23(38)33-18-9-7-17(30)8-10-18/h4-11,24H,12-13,15,32H2,1-3H3,(H,33,38). The minimum Gasteiger partial charge on any atom is -0.497 e. The van der Waals surface area contributed by atoms with Crippen molar-refractivity contribution < 1.29 is 18.7 Å². The van der Waals surface area contributed by atoms with E-state index in [9.17, 15) is 19.2 Å². The van der Waals surface area contributed by atoms with Crippen molar-refractivity contribution in [3.63, 3.8) is 0 Å². The summed E-state index contributed by atoms with van der Waals surface area (Å²) in [6, 6.07) is 15.1. The Bertz CT molecular complexity index is 1620. The van der Waals surface area contributed by atoms with Crippen molar-refractivity contribution >= 4 is 45.6 Å². The molecule has 5 rings (SSSR count). The number of Topliss-reactive ketones (excluding diaryl/α,β-unsaturated/α-hetero) is 1. The van der Waals surface area contributed by atoms with E-state index in [1.54, 1.807) is 18.1 Å². The summed E-state index contributed by atoms with van der Waals surface area (Å²) in [5, 5.41) is 21.9. The second-order valence-corrected chi connectivity index (χ2v) is 12.6. The molecular formula is C29H27FN6O3S2. The Morgan fingerprint density at radius 3 is 2.73 bits per heavy atom. The highest BCUT2D eigenvalue weighted by molar-refractivity contribution is 8.01. The van der Waals surface area contributed by atoms with Crippen molar-refractivity contribution in [2.45, 2.75) is 36.9 Å². The van der Waals surface area contributed by atoms with Crippen LogP contribution in [0, 0.1) is 22.6 Å². The number of anilines is 2. The number of hydrogen-bond acceptors (Lipinski definition) is 10. The minimum absolute atomic E-state index is 0.0501. The van der Waals surface area contributed by atoms with E-state index in [-0.39, 0.29) is 40.1 Å². The van der Waals surface area contributed by atoms with E-state index >= 15 is 0 Å². The largest absolute Gasteiger partial charge is 0.497 e. The number of allylic oxidation sites excluding steroid dienone is 3. The van der Waals surface area contributed by atoms with Gasteiger partial charge in [0.05, 0.1) is 30.4 Å². The summed E-state index contributed by atoms with van der Waals surface area (Å²) in [4.78, 5) is 27.8. The molecule has 1 unspecified atom stereocenters. The lowest BCUT2D eigenvalue weighted by Crippen LogP contribution is -2.42. The summed E-state index contributed by atoms with van der Waals surface area (Å²) in [5.74, 6) is -0.508. The van der Waals surface area contributed by atoms with Crippen molar-refractivity contribution in [1.82, 2.24) is 10.2 Å². The van der Waals surface area contributed by atoms with Gasteiger partial charge >= 0.3 is 0 Å². The average molecular weight is 591 g/mol. The number of rotatable bonds is 7. The number of amides is 1. The number of halogens is 1. The number of hydrogen-bond donors (Lipinski definition) is 2. The second kappa shape index (κ2) is 11.3. The molecule has 12 heteroatoms. The van der Waals surface area contributed by atoms with E-state index in [2.05, 4.69) is 21.6 Å². The third-order valence-electron chi connectivity index (χ3n) is 6.85. The molecule has 210 valence electrons. The molecule has 1 amide bonds. The van der Waals surface area contributed by atoms with Gasteiger partial charge in [0.1, 0.15) is 17.4 Å². The van der Waals surface area contributed by atoms with Crippen LogP contribution in [0.25, 0.3) is 0 Å². The zero-order valence-corrected chi connectivity index (χ0v) is 24.2. The zero-order chi connectivity index (χ0) is 29.3. The van der Waals surface area contributed by atoms with Crippen LogP contribution in [0.15, 0.2) is 75.5 Å². The van der Waals surface area contributed by atoms with E-state index in [0.717, 1.165) is 5.56 Å². The fourth-order valence-electron chi connectivity index (χ4n) is 5.09. The third-order valence-corrected chi connectivity index (χ3v) is 8.89. The highest BCUT2D eigenvalue weighted by Gasteiger charge is 2.45. The first-order valence-electron chi connectivity index (χ1n) is 12.7. The number of carbonyl (C=O) groups is 2. The van der Waals surface area contributed by atoms with Gasteiger partial charge in [0.2, 0.25) is 11.0 Å². The molecule has 1 aliphatic carbocycles. The van der Waals surface area contributed by atoms with E-state index in [4.69, 9.17) is 10.5 Å². The monoisotopic (exact) mass is 590 g/mol. The SMILES string of the molecule is COc1cccc(C2C(C#N)=C(N)N(c3nnc(SCC(=O)Nc4ccc(F)cc4)s3)C3=C2C(=O)CC(C)(C)C3)c1. The Morgan fingerprint density at radius 2 is 2.02 bits per heavy atom. The first-order valence-corrected chi connectivity index (χ1v) is 14.5. The Morgan fingerprint density at radius 1 is 1.27 bits per heavy atom. The van der Waals surface area contributed by atoms with Gasteiger partial charge < -0.3 is 15.8 Å². The lowest BCUT2D eigenvalue weighted by Gasteiger charge is -2.42. The van der Waals surface area contributed by atoms with Gasteiger partial charge in [-0.1, -0.05) is 49.1 Å². The smallest absolute Gasteiger partial charge is 0.234 e. The molecule has 2 heterocycles. The number of nitrogens with zero attached hydrogens (tertiary/aromatic N) is 4. The molecule has 2 aromatic carbocycles. The first-order chi connectivity index (χ1) is 19.6. The highest BCUT2D eigenvalue weighted by atomic mass is 32.2. The van der Waals surface area contributed by atoms with Crippen LogP contribution in [0.2, 0.25) is 0 Å². The highest BCUT2D eigenvalue weighted by Crippen LogP contribution is 2.51. The molecule has 0 saturated carbocycles. The number of nitriles is 1. The molecule has 9 nitrogen and oxygen atoms in total. The maximum atomic E-state index is 13.7. The summed E-state index contributed by atoms with van der Waals surface area (Å²) >= 11 is 2.40. The van der Waals surface area contributed by atoms with Gasteiger partial charge in [-0.2, -0.15) is 5.26 Å². The molecule has 0 bridgehead atoms. The summed E-state index contributed by atoms with van der Waals surface area (Å²) < 4.78 is 19.1. The predicted molar refractivity (Wildman–Crippen MR) is 156 cm³/mol. The number of ketones is 1. The van der Waals surface area contributed by atoms with E-state index in [1.807, 2.05) is 32.0 Å². The zero-order valence-electron chi connectivity index (χ0n) is 22.6. The molecule has 2 aliphatic rings. The van der Waals surface area contributed by atoms with Gasteiger partial charge in [-0.3, -0.25) is 14.5 Å². The van der Waals surface area contributed by atoms with Crippen LogP contribution in [0.3, 0.4) is 0 Å². The quantitative estimate of drug-likeness (QED) is 0.349. The van der Waals surface area contributed by atoms with Crippen LogP contribution < -0.4 is 20.7 Å². The minimum atomic E-state index is -0.637. The van der Waals surface area contributed by atoms with Crippen molar-refractivity contribution in [3.8, 4) is 11.8 Å². The second-order valence-electron chi connectivity index (χ2n) is 10.5. The summed E-state index contributed by atoms with van der Waals surface area (Å²) in [6.45, 7) is 4.04. The average Bonchev–Trinajstić information content (AvgIpc) is 3.40. The maximum Gasteiger partial charge on any atom is 0.234 e. The number of benzene rings is 2. The van der Waals surface area contributed by atoms with Crippen molar-refractivity contribution in [2.75, 3.05) is 23.1 Å². The molecule has 0 saturated heterocycles. The van der Waals surface area contributed by atoms with Crippen LogP contribution in [0.4, 0.5) is 15.2 Å². The number of nitrogens with one attached hydrogen (secondary N) is 1. The number of methoxy groups -OCH3 is 1. The first kappa shape index (κ1) is 28.3. The van der Waals surface area contributed by atoms with E-state index < -0.39 is 5.92 Å². The van der Waals surface area contributed by atoms with Gasteiger partial charge in [-0.05, 0) is 53.8 Å². The molecule has 1 atom stereocenters. The number of carbonyl (C=O) groups excluding carboxylic acids is 2. The van der Waals surface area contributed by atoms with Gasteiger partial charge in [-0.15, -0.1) is 10.2 Å². The van der Waals surface area contributed by atoms with Crippen molar-refractivity contribution in [1.29, 1.82) is 5.26 Å². The normalized spacial score (nSPS) is 18.2. The topological polar surface area (TPSA) is 134 Å². The fraction of sp³-hybridized carbons (Fsp3) is 0.276. The Hall–Kier alpha value is -4.21. The number of thioether (sulfide) groups is 1. The van der Waals surface area contributed by atoms with E-state index in [0.29, 0.717) is 45.0 Å². The molecule has 0 fully saturated rings. The van der Waals surface area contributed by atoms with Crippen LogP contribution in [-0.2, 0) is 9.59 Å². The summed E-state index contributed by atoms with van der Waals surface area (Å²) in [5.41, 5.74) is 9.03. The fourth-order valence-corrected chi connectivity index (χ4v) is 6.77. The molecule has 3 N–H and O–H groups in total. The van der Waals surface area contributed by atoms with Gasteiger partial charge in [0, 0.05) is 23.4 Å². The van der Waals surface area contributed by atoms with Crippen LogP contribution >= 0.6 is 23.1 Å². The van der Waals surface area contributed by atoms with Gasteiger partial charge in [-0.25, -0.2) is 4.39 Å². The molecule has 41 heavy (non-hydrogen) atoms. The molecule has 0 radical (unpaired) electrons. The molecule has 3 aromatic rings. The van der Waals surface area contributed by atoms with Crippen molar-refractivity contribution in [3.05, 3.63) is 82.6 Å². The van der Waals surface area contributed by atoms with Gasteiger partial charge in [0.25, 0.3) is 0 Å². The van der Waals surface area contributed by atoms with Gasteiger partial charge in [0.15, 0.2) is 10.1 Å². The molecular weight excluding hydrogens is 563 g/mol. The maximum absolute atomic E-state index is 13.7. The Balaban J connectivity index is 1.47. The van der Waals surface area contributed by atoms with E-state index in [1.165, 1.54) is 47.4 Å². The third kappa shape index (κ3) is 5.82. The number of nitrogens with two attached hydrogens (primary N) is 1. The lowest BCUT2D eigenvalue weighted by molar-refractivity contribution is -0.118. The lowest BCUT2D eigenvalue weighted by atomic mass is 9.68. The van der Waals surface area contributed by atoms with Crippen LogP contribution in [0.5, 0.6) is 5.75 Å². The Kier molecular flexibility index (Phi) is 7.84. The number of ether oxygens (including phenoxy) is 1. The predicted octanol–water partition coefficient (Wildman–Crippen LogP) is 5.36. The summed E-state index contributed by atoms with van der Waals surface area (Å²) in [7, 11) is 1.56. The molecule has 1 aliphatic heterocycles.